The highest BCUT2D eigenvalue weighted by Crippen LogP contribution is 2.17. The predicted octanol–water partition coefficient (Wildman–Crippen LogP) is 2.43. The zero-order valence-electron chi connectivity index (χ0n) is 14.8. The average molecular weight is 381 g/mol. The van der Waals surface area contributed by atoms with Crippen molar-refractivity contribution >= 4 is 17.0 Å². The van der Waals surface area contributed by atoms with E-state index in [0.717, 1.165) is 10.1 Å². The highest BCUT2D eigenvalue weighted by molar-refractivity contribution is 5.73. The number of nitrogens with one attached hydrogen (secondary N) is 2. The van der Waals surface area contributed by atoms with Crippen LogP contribution in [0.1, 0.15) is 24.3 Å². The van der Waals surface area contributed by atoms with Gasteiger partial charge >= 0.3 is 5.69 Å². The molecule has 4 rings (SSSR count). The first kappa shape index (κ1) is 17.7. The van der Waals surface area contributed by atoms with Gasteiger partial charge in [-0.1, -0.05) is 12.1 Å². The number of rotatable bonds is 5. The maximum absolute atomic E-state index is 13.1. The maximum atomic E-state index is 13.1. The number of aromatic nitrogens is 4. The minimum atomic E-state index is -0.592. The summed E-state index contributed by atoms with van der Waals surface area (Å²) in [4.78, 5) is 35.9. The summed E-state index contributed by atoms with van der Waals surface area (Å²) in [6, 6.07) is 9.20. The first-order valence-corrected chi connectivity index (χ1v) is 8.55. The summed E-state index contributed by atoms with van der Waals surface area (Å²) in [5.74, 6) is 0.406. The van der Waals surface area contributed by atoms with E-state index >= 15 is 0 Å². The van der Waals surface area contributed by atoms with E-state index in [1.54, 1.807) is 24.3 Å². The second kappa shape index (κ2) is 7.10. The molecule has 0 amide bonds. The van der Waals surface area contributed by atoms with E-state index in [1.165, 1.54) is 24.6 Å². The Kier molecular flexibility index (Phi) is 4.48. The summed E-state index contributed by atoms with van der Waals surface area (Å²) in [7, 11) is 0. The van der Waals surface area contributed by atoms with Crippen LogP contribution in [-0.4, -0.2) is 19.5 Å². The normalized spacial score (nSPS) is 12.2. The Morgan fingerprint density at radius 2 is 2.04 bits per heavy atom. The molecule has 0 aliphatic heterocycles. The first-order chi connectivity index (χ1) is 13.5. The molecule has 0 aliphatic carbocycles. The first-order valence-electron chi connectivity index (χ1n) is 8.55. The third-order valence-corrected chi connectivity index (χ3v) is 4.34. The maximum Gasteiger partial charge on any atom is 0.330 e. The van der Waals surface area contributed by atoms with Crippen molar-refractivity contribution < 1.29 is 8.81 Å². The molecule has 0 spiro atoms. The Morgan fingerprint density at radius 1 is 1.25 bits per heavy atom. The molecule has 0 fully saturated rings. The molecule has 0 radical (unpaired) electrons. The summed E-state index contributed by atoms with van der Waals surface area (Å²) in [6.07, 6.45) is 2.83. The largest absolute Gasteiger partial charge is 0.467 e. The number of benzene rings is 1. The molecule has 0 saturated heterocycles. The predicted molar refractivity (Wildman–Crippen MR) is 101 cm³/mol. The molecule has 0 bridgehead atoms. The molecule has 4 aromatic rings. The van der Waals surface area contributed by atoms with Gasteiger partial charge in [0, 0.05) is 6.20 Å². The lowest BCUT2D eigenvalue weighted by Crippen LogP contribution is -2.35. The van der Waals surface area contributed by atoms with Gasteiger partial charge in [0.05, 0.1) is 18.8 Å². The Hall–Kier alpha value is -3.75. The fourth-order valence-electron chi connectivity index (χ4n) is 2.84. The Morgan fingerprint density at radius 3 is 2.75 bits per heavy atom. The van der Waals surface area contributed by atoms with E-state index in [9.17, 15) is 14.0 Å². The molecule has 1 atom stereocenters. The number of anilines is 1. The summed E-state index contributed by atoms with van der Waals surface area (Å²) in [5.41, 5.74) is -0.125. The van der Waals surface area contributed by atoms with Crippen molar-refractivity contribution in [3.05, 3.63) is 86.8 Å². The fourth-order valence-corrected chi connectivity index (χ4v) is 2.84. The van der Waals surface area contributed by atoms with Gasteiger partial charge in [-0.2, -0.15) is 4.98 Å². The molecule has 9 heteroatoms. The van der Waals surface area contributed by atoms with Crippen LogP contribution in [0.25, 0.3) is 11.0 Å². The number of nitrogens with zero attached hydrogens (tertiary/aromatic N) is 3. The van der Waals surface area contributed by atoms with Crippen molar-refractivity contribution in [1.29, 1.82) is 0 Å². The van der Waals surface area contributed by atoms with Gasteiger partial charge in [0.1, 0.15) is 17.0 Å². The van der Waals surface area contributed by atoms with Crippen molar-refractivity contribution in [2.24, 2.45) is 0 Å². The zero-order chi connectivity index (χ0) is 19.7. The van der Waals surface area contributed by atoms with Gasteiger partial charge in [-0.3, -0.25) is 14.3 Å². The molecule has 142 valence electrons. The standard InChI is InChI=1S/C19H16FN5O3/c1-11(12-4-6-13(20)7-5-12)22-18-21-9-15-16(23-18)24-19(27)25(17(15)26)10-14-3-2-8-28-14/h2-9,11H,10H2,1H3,(H2,21,22,23,24,27). The van der Waals surface area contributed by atoms with Crippen LogP contribution in [0, 0.1) is 5.82 Å². The second-order valence-electron chi connectivity index (χ2n) is 6.27. The minimum absolute atomic E-state index is 0.0126. The molecular weight excluding hydrogens is 365 g/mol. The molecule has 28 heavy (non-hydrogen) atoms. The van der Waals surface area contributed by atoms with E-state index in [0.29, 0.717) is 5.76 Å². The van der Waals surface area contributed by atoms with Crippen LogP contribution in [0.4, 0.5) is 10.3 Å². The third-order valence-electron chi connectivity index (χ3n) is 4.34. The number of hydrogen-bond acceptors (Lipinski definition) is 6. The topological polar surface area (TPSA) is 106 Å². The SMILES string of the molecule is CC(Nc1ncc2c(=O)n(Cc3ccco3)c(=O)[nH]c2n1)c1ccc(F)cc1. The number of hydrogen-bond donors (Lipinski definition) is 2. The zero-order valence-corrected chi connectivity index (χ0v) is 14.8. The van der Waals surface area contributed by atoms with Gasteiger partial charge in [0.2, 0.25) is 5.95 Å². The monoisotopic (exact) mass is 381 g/mol. The van der Waals surface area contributed by atoms with Crippen LogP contribution in [0.3, 0.4) is 0 Å². The highest BCUT2D eigenvalue weighted by Gasteiger charge is 2.13. The second-order valence-corrected chi connectivity index (χ2v) is 6.27. The number of furan rings is 1. The lowest BCUT2D eigenvalue weighted by Gasteiger charge is -2.14. The van der Waals surface area contributed by atoms with Crippen LogP contribution in [0.5, 0.6) is 0 Å². The van der Waals surface area contributed by atoms with Crippen LogP contribution in [-0.2, 0) is 6.54 Å². The van der Waals surface area contributed by atoms with Crippen molar-refractivity contribution in [3.63, 3.8) is 0 Å². The molecule has 3 aromatic heterocycles. The van der Waals surface area contributed by atoms with Crippen LogP contribution in [0.2, 0.25) is 0 Å². The van der Waals surface area contributed by atoms with Crippen molar-refractivity contribution in [2.75, 3.05) is 5.32 Å². The van der Waals surface area contributed by atoms with E-state index in [-0.39, 0.29) is 35.4 Å². The Labute approximate surface area is 157 Å². The van der Waals surface area contributed by atoms with Crippen molar-refractivity contribution in [3.8, 4) is 0 Å². The van der Waals surface area contributed by atoms with Gasteiger partial charge < -0.3 is 9.73 Å². The lowest BCUT2D eigenvalue weighted by molar-refractivity contribution is 0.484. The van der Waals surface area contributed by atoms with Crippen molar-refractivity contribution in [2.45, 2.75) is 19.5 Å². The third kappa shape index (κ3) is 3.41. The van der Waals surface area contributed by atoms with Crippen LogP contribution < -0.4 is 16.6 Å². The fraction of sp³-hybridized carbons (Fsp3) is 0.158. The van der Waals surface area contributed by atoms with E-state index < -0.39 is 11.2 Å². The smallest absolute Gasteiger partial charge is 0.330 e. The van der Waals surface area contributed by atoms with Gasteiger partial charge in [-0.05, 0) is 36.8 Å². The van der Waals surface area contributed by atoms with Gasteiger partial charge in [0.15, 0.2) is 5.65 Å². The minimum Gasteiger partial charge on any atom is -0.467 e. The van der Waals surface area contributed by atoms with E-state index in [4.69, 9.17) is 4.42 Å². The summed E-state index contributed by atoms with van der Waals surface area (Å²) < 4.78 is 19.3. The number of halogens is 1. The van der Waals surface area contributed by atoms with Crippen molar-refractivity contribution in [1.82, 2.24) is 19.5 Å². The van der Waals surface area contributed by atoms with E-state index in [1.807, 2.05) is 6.92 Å². The number of H-pyrrole nitrogens is 1. The van der Waals surface area contributed by atoms with Gasteiger partial charge in [-0.15, -0.1) is 0 Å². The lowest BCUT2D eigenvalue weighted by atomic mass is 10.1. The van der Waals surface area contributed by atoms with Gasteiger partial charge in [0.25, 0.3) is 5.56 Å². The van der Waals surface area contributed by atoms with Crippen LogP contribution >= 0.6 is 0 Å². The highest BCUT2D eigenvalue weighted by atomic mass is 19.1. The number of aromatic amines is 1. The Balaban J connectivity index is 1.65. The average Bonchev–Trinajstić information content (AvgIpc) is 3.19. The molecule has 1 aromatic carbocycles. The van der Waals surface area contributed by atoms with E-state index in [2.05, 4.69) is 20.3 Å². The summed E-state index contributed by atoms with van der Waals surface area (Å²) in [5, 5.41) is 3.26. The molecule has 1 unspecified atom stereocenters. The molecule has 0 aliphatic rings. The molecule has 0 saturated carbocycles. The Bertz CT molecular complexity index is 1230. The summed E-state index contributed by atoms with van der Waals surface area (Å²) >= 11 is 0. The molecule has 2 N–H and O–H groups in total. The number of fused-ring (bicyclic) bond motifs is 1. The quantitative estimate of drug-likeness (QED) is 0.550. The molecular formula is C19H16FN5O3. The van der Waals surface area contributed by atoms with Gasteiger partial charge in [-0.25, -0.2) is 14.2 Å². The summed E-state index contributed by atoms with van der Waals surface area (Å²) in [6.45, 7) is 1.88. The van der Waals surface area contributed by atoms with Crippen LogP contribution in [0.15, 0.2) is 62.9 Å². The molecule has 8 nitrogen and oxygen atoms in total. The molecule has 3 heterocycles.